The van der Waals surface area contributed by atoms with Crippen LogP contribution in [0.1, 0.15) is 20.9 Å². The first-order valence-electron chi connectivity index (χ1n) is 10.2. The lowest BCUT2D eigenvalue weighted by molar-refractivity contribution is -0.131. The summed E-state index contributed by atoms with van der Waals surface area (Å²) < 4.78 is 13.0. The van der Waals surface area contributed by atoms with E-state index in [1.807, 2.05) is 41.9 Å². The molecule has 2 aromatic heterocycles. The van der Waals surface area contributed by atoms with Gasteiger partial charge in [0.2, 0.25) is 6.10 Å². The number of hydrogen-bond acceptors (Lipinski definition) is 6. The Kier molecular flexibility index (Phi) is 5.65. The normalized spacial score (nSPS) is 14.8. The van der Waals surface area contributed by atoms with Gasteiger partial charge >= 0.3 is 0 Å². The van der Waals surface area contributed by atoms with E-state index in [9.17, 15) is 9.59 Å². The maximum atomic E-state index is 12.7. The monoisotopic (exact) mass is 482 g/mol. The molecule has 5 rings (SSSR count). The van der Waals surface area contributed by atoms with Crippen LogP contribution in [0.15, 0.2) is 54.6 Å². The number of nitrogens with one attached hydrogen (secondary N) is 2. The molecule has 0 saturated carbocycles. The molecule has 0 aliphatic carbocycles. The maximum absolute atomic E-state index is 12.7. The van der Waals surface area contributed by atoms with Gasteiger partial charge in [-0.1, -0.05) is 41.9 Å². The van der Waals surface area contributed by atoms with E-state index in [-0.39, 0.29) is 6.61 Å². The van der Waals surface area contributed by atoms with Gasteiger partial charge in [0.25, 0.3) is 11.8 Å². The number of thiophene rings is 1. The lowest BCUT2D eigenvalue weighted by Crippen LogP contribution is -2.50. The molecule has 0 fully saturated rings. The van der Waals surface area contributed by atoms with E-state index in [1.165, 1.54) is 11.3 Å². The Hall–Kier alpha value is -3.56. The van der Waals surface area contributed by atoms with Crippen molar-refractivity contribution in [3.8, 4) is 11.5 Å². The summed E-state index contributed by atoms with van der Waals surface area (Å²) in [5.74, 6) is 0.140. The highest BCUT2D eigenvalue weighted by atomic mass is 35.5. The van der Waals surface area contributed by atoms with E-state index in [1.54, 1.807) is 24.3 Å². The average molecular weight is 483 g/mol. The van der Waals surface area contributed by atoms with Crippen LogP contribution in [0.4, 0.5) is 0 Å². The van der Waals surface area contributed by atoms with Crippen LogP contribution in [0.2, 0.25) is 5.02 Å². The fraction of sp³-hybridized carbons (Fsp3) is 0.174. The van der Waals surface area contributed by atoms with E-state index in [0.717, 1.165) is 21.5 Å². The number of benzene rings is 2. The molecular weight excluding hydrogens is 464 g/mol. The molecule has 8 nitrogen and oxygen atoms in total. The van der Waals surface area contributed by atoms with Gasteiger partial charge in [-0.2, -0.15) is 5.10 Å². The van der Waals surface area contributed by atoms with E-state index >= 15 is 0 Å². The third-order valence-electron chi connectivity index (χ3n) is 5.21. The smallest absolute Gasteiger partial charge is 0.283 e. The number of amides is 2. The summed E-state index contributed by atoms with van der Waals surface area (Å²) in [6.07, 6.45) is -0.867. The van der Waals surface area contributed by atoms with E-state index in [0.29, 0.717) is 27.9 Å². The van der Waals surface area contributed by atoms with Crippen molar-refractivity contribution in [2.75, 3.05) is 6.61 Å². The van der Waals surface area contributed by atoms with Crippen molar-refractivity contribution in [3.05, 3.63) is 75.8 Å². The summed E-state index contributed by atoms with van der Waals surface area (Å²) in [6, 6.07) is 16.4. The van der Waals surface area contributed by atoms with Gasteiger partial charge in [-0.15, -0.1) is 11.3 Å². The van der Waals surface area contributed by atoms with Crippen molar-refractivity contribution >= 4 is 45.0 Å². The van der Waals surface area contributed by atoms with Crippen LogP contribution in [0, 0.1) is 6.92 Å². The van der Waals surface area contributed by atoms with Crippen molar-refractivity contribution in [2.45, 2.75) is 19.6 Å². The molecule has 0 spiro atoms. The molecule has 1 atom stereocenters. The van der Waals surface area contributed by atoms with Crippen LogP contribution >= 0.6 is 22.9 Å². The molecule has 1 aliphatic rings. The number of aromatic nitrogens is 2. The van der Waals surface area contributed by atoms with Gasteiger partial charge in [0.15, 0.2) is 11.5 Å². The second-order valence-corrected chi connectivity index (χ2v) is 8.91. The summed E-state index contributed by atoms with van der Waals surface area (Å²) in [4.78, 5) is 26.5. The van der Waals surface area contributed by atoms with Gasteiger partial charge in [0.1, 0.15) is 11.4 Å². The van der Waals surface area contributed by atoms with Gasteiger partial charge in [-0.3, -0.25) is 25.1 Å². The third kappa shape index (κ3) is 4.24. The Morgan fingerprint density at radius 2 is 1.91 bits per heavy atom. The highest BCUT2D eigenvalue weighted by Crippen LogP contribution is 2.31. The molecule has 0 unspecified atom stereocenters. The number of fused-ring (bicyclic) bond motifs is 2. The minimum Gasteiger partial charge on any atom is -0.485 e. The zero-order chi connectivity index (χ0) is 22.9. The first-order valence-corrected chi connectivity index (χ1v) is 11.4. The van der Waals surface area contributed by atoms with Crippen LogP contribution in [0.25, 0.3) is 10.2 Å². The SMILES string of the molecule is Cc1nn(Cc2ccccc2Cl)c2sc(C(=O)NNC(=O)[C@@H]3COc4ccccc4O3)cc12. The highest BCUT2D eigenvalue weighted by Gasteiger charge is 2.28. The topological polar surface area (TPSA) is 94.5 Å². The Labute approximate surface area is 198 Å². The van der Waals surface area contributed by atoms with Gasteiger partial charge in [-0.05, 0) is 36.8 Å². The molecule has 2 amide bonds. The van der Waals surface area contributed by atoms with Gasteiger partial charge in [0, 0.05) is 10.4 Å². The summed E-state index contributed by atoms with van der Waals surface area (Å²) in [5, 5.41) is 6.12. The number of hydrazine groups is 1. The number of ether oxygens (including phenoxy) is 2. The maximum Gasteiger partial charge on any atom is 0.283 e. The van der Waals surface area contributed by atoms with Gasteiger partial charge < -0.3 is 9.47 Å². The Morgan fingerprint density at radius 3 is 2.73 bits per heavy atom. The van der Waals surface area contributed by atoms with Crippen molar-refractivity contribution in [3.63, 3.8) is 0 Å². The van der Waals surface area contributed by atoms with Crippen molar-refractivity contribution in [2.24, 2.45) is 0 Å². The second kappa shape index (κ2) is 8.76. The summed E-state index contributed by atoms with van der Waals surface area (Å²) in [5.41, 5.74) is 6.62. The zero-order valence-electron chi connectivity index (χ0n) is 17.5. The summed E-state index contributed by atoms with van der Waals surface area (Å²) >= 11 is 7.58. The lowest BCUT2D eigenvalue weighted by Gasteiger charge is -2.25. The van der Waals surface area contributed by atoms with E-state index in [2.05, 4.69) is 16.0 Å². The fourth-order valence-corrected chi connectivity index (χ4v) is 4.78. The van der Waals surface area contributed by atoms with Gasteiger partial charge in [-0.25, -0.2) is 0 Å². The lowest BCUT2D eigenvalue weighted by atomic mass is 10.2. The number of carbonyl (C=O) groups is 2. The van der Waals surface area contributed by atoms with Crippen LogP contribution in [0.3, 0.4) is 0 Å². The standard InChI is InChI=1S/C23H19ClN4O4S/c1-13-15-10-20(33-23(15)28(27-13)11-14-6-2-3-7-16(14)24)22(30)26-25-21(29)19-12-31-17-8-4-5-9-18(17)32-19/h2-10,19H,11-12H2,1H3,(H,25,29)(H,26,30)/t19-/m0/s1. The summed E-state index contributed by atoms with van der Waals surface area (Å²) in [7, 11) is 0. The predicted molar refractivity (Wildman–Crippen MR) is 125 cm³/mol. The second-order valence-electron chi connectivity index (χ2n) is 7.47. The molecule has 1 aliphatic heterocycles. The largest absolute Gasteiger partial charge is 0.485 e. The number of nitrogens with zero attached hydrogens (tertiary/aromatic N) is 2. The molecule has 2 N–H and O–H groups in total. The molecule has 10 heteroatoms. The first-order chi connectivity index (χ1) is 16.0. The number of aryl methyl sites for hydroxylation is 1. The number of para-hydroxylation sites is 2. The average Bonchev–Trinajstić information content (AvgIpc) is 3.39. The third-order valence-corrected chi connectivity index (χ3v) is 6.73. The molecule has 3 heterocycles. The molecule has 0 bridgehead atoms. The molecule has 0 saturated heterocycles. The van der Waals surface area contributed by atoms with E-state index < -0.39 is 17.9 Å². The van der Waals surface area contributed by atoms with Gasteiger partial charge in [0.05, 0.1) is 17.1 Å². The number of carbonyl (C=O) groups excluding carboxylic acids is 2. The minimum atomic E-state index is -0.867. The minimum absolute atomic E-state index is 0.0542. The van der Waals surface area contributed by atoms with Crippen LogP contribution in [0.5, 0.6) is 11.5 Å². The highest BCUT2D eigenvalue weighted by molar-refractivity contribution is 7.20. The molecule has 0 radical (unpaired) electrons. The molecule has 2 aromatic carbocycles. The first kappa shape index (κ1) is 21.3. The van der Waals surface area contributed by atoms with Crippen LogP contribution in [-0.4, -0.2) is 34.3 Å². The Balaban J connectivity index is 1.26. The molecule has 168 valence electrons. The molecule has 33 heavy (non-hydrogen) atoms. The Morgan fingerprint density at radius 1 is 1.15 bits per heavy atom. The van der Waals surface area contributed by atoms with E-state index in [4.69, 9.17) is 21.1 Å². The van der Waals surface area contributed by atoms with Crippen molar-refractivity contribution < 1.29 is 19.1 Å². The molecule has 4 aromatic rings. The van der Waals surface area contributed by atoms with Crippen molar-refractivity contribution in [1.82, 2.24) is 20.6 Å². The van der Waals surface area contributed by atoms with Crippen LogP contribution in [-0.2, 0) is 11.3 Å². The Bertz CT molecular complexity index is 1370. The predicted octanol–water partition coefficient (Wildman–Crippen LogP) is 3.71. The number of hydrogen-bond donors (Lipinski definition) is 2. The fourth-order valence-electron chi connectivity index (χ4n) is 3.53. The zero-order valence-corrected chi connectivity index (χ0v) is 19.1. The summed E-state index contributed by atoms with van der Waals surface area (Å²) in [6.45, 7) is 2.43. The number of rotatable bonds is 4. The van der Waals surface area contributed by atoms with Crippen LogP contribution < -0.4 is 20.3 Å². The van der Waals surface area contributed by atoms with Crippen molar-refractivity contribution in [1.29, 1.82) is 0 Å². The quantitative estimate of drug-likeness (QED) is 0.432. The number of halogens is 1. The molecular formula is C23H19ClN4O4S.